The Labute approximate surface area is 103 Å². The number of halogens is 1. The summed E-state index contributed by atoms with van der Waals surface area (Å²) in [5, 5.41) is 3.19. The Bertz CT molecular complexity index is 341. The molecular formula is C14H22FNO. The molecule has 1 aromatic carbocycles. The molecule has 0 saturated carbocycles. The molecule has 1 atom stereocenters. The molecule has 0 aliphatic carbocycles. The molecule has 0 fully saturated rings. The van der Waals surface area contributed by atoms with Crippen LogP contribution in [0.15, 0.2) is 18.2 Å². The van der Waals surface area contributed by atoms with Crippen LogP contribution in [0.3, 0.4) is 0 Å². The number of rotatable bonds is 7. The van der Waals surface area contributed by atoms with E-state index in [9.17, 15) is 4.39 Å². The highest BCUT2D eigenvalue weighted by molar-refractivity contribution is 5.33. The zero-order chi connectivity index (χ0) is 12.7. The van der Waals surface area contributed by atoms with Crippen LogP contribution in [0.5, 0.6) is 5.75 Å². The van der Waals surface area contributed by atoms with Gasteiger partial charge in [0.1, 0.15) is 11.6 Å². The molecule has 0 amide bonds. The van der Waals surface area contributed by atoms with Gasteiger partial charge in [0, 0.05) is 12.1 Å². The van der Waals surface area contributed by atoms with Crippen LogP contribution in [0.25, 0.3) is 0 Å². The Kier molecular flexibility index (Phi) is 5.98. The third-order valence-electron chi connectivity index (χ3n) is 2.81. The van der Waals surface area contributed by atoms with Gasteiger partial charge >= 0.3 is 0 Å². The zero-order valence-corrected chi connectivity index (χ0v) is 10.9. The average Bonchev–Trinajstić information content (AvgIpc) is 2.34. The van der Waals surface area contributed by atoms with Crippen molar-refractivity contribution in [1.82, 2.24) is 5.32 Å². The minimum absolute atomic E-state index is 0.214. The maximum atomic E-state index is 13.2. The van der Waals surface area contributed by atoms with E-state index in [-0.39, 0.29) is 5.82 Å². The van der Waals surface area contributed by atoms with Crippen molar-refractivity contribution >= 4 is 0 Å². The second kappa shape index (κ2) is 7.28. The van der Waals surface area contributed by atoms with Gasteiger partial charge in [0.25, 0.3) is 0 Å². The van der Waals surface area contributed by atoms with Crippen molar-refractivity contribution in [3.63, 3.8) is 0 Å². The maximum Gasteiger partial charge on any atom is 0.123 e. The average molecular weight is 239 g/mol. The third kappa shape index (κ3) is 4.73. The Hall–Kier alpha value is -1.09. The largest absolute Gasteiger partial charge is 0.493 e. The minimum Gasteiger partial charge on any atom is -0.493 e. The molecule has 1 unspecified atom stereocenters. The van der Waals surface area contributed by atoms with Crippen molar-refractivity contribution in [2.45, 2.75) is 33.7 Å². The summed E-state index contributed by atoms with van der Waals surface area (Å²) in [5.74, 6) is 1.09. The highest BCUT2D eigenvalue weighted by Gasteiger charge is 2.07. The molecule has 0 radical (unpaired) electrons. The molecule has 1 rings (SSSR count). The van der Waals surface area contributed by atoms with E-state index < -0.39 is 0 Å². The molecule has 2 nitrogen and oxygen atoms in total. The smallest absolute Gasteiger partial charge is 0.123 e. The first-order chi connectivity index (χ1) is 8.17. The van der Waals surface area contributed by atoms with Crippen molar-refractivity contribution in [3.8, 4) is 5.75 Å². The summed E-state index contributed by atoms with van der Waals surface area (Å²) in [7, 11) is 0. The highest BCUT2D eigenvalue weighted by atomic mass is 19.1. The molecule has 3 heteroatoms. The quantitative estimate of drug-likeness (QED) is 0.787. The van der Waals surface area contributed by atoms with Crippen LogP contribution in [0.1, 0.15) is 32.8 Å². The molecule has 0 aromatic heterocycles. The molecule has 17 heavy (non-hydrogen) atoms. The van der Waals surface area contributed by atoms with Gasteiger partial charge in [-0.25, -0.2) is 4.39 Å². The Morgan fingerprint density at radius 3 is 2.76 bits per heavy atom. The number of hydrogen-bond acceptors (Lipinski definition) is 2. The number of ether oxygens (including phenoxy) is 1. The monoisotopic (exact) mass is 239 g/mol. The van der Waals surface area contributed by atoms with Gasteiger partial charge in [-0.05, 0) is 30.7 Å². The van der Waals surface area contributed by atoms with E-state index in [2.05, 4.69) is 19.2 Å². The van der Waals surface area contributed by atoms with E-state index in [1.165, 1.54) is 12.1 Å². The van der Waals surface area contributed by atoms with E-state index in [1.54, 1.807) is 6.07 Å². The van der Waals surface area contributed by atoms with Crippen LogP contribution in [0.2, 0.25) is 0 Å². The lowest BCUT2D eigenvalue weighted by Gasteiger charge is -2.14. The van der Waals surface area contributed by atoms with Crippen LogP contribution in [0, 0.1) is 11.7 Å². The Balaban J connectivity index is 2.68. The fourth-order valence-corrected chi connectivity index (χ4v) is 1.44. The van der Waals surface area contributed by atoms with Crippen molar-refractivity contribution < 1.29 is 9.13 Å². The van der Waals surface area contributed by atoms with Gasteiger partial charge in [-0.3, -0.25) is 0 Å². The molecule has 0 aliphatic rings. The molecule has 0 heterocycles. The summed E-state index contributed by atoms with van der Waals surface area (Å²) in [5.41, 5.74) is 0.884. The summed E-state index contributed by atoms with van der Waals surface area (Å²) >= 11 is 0. The van der Waals surface area contributed by atoms with Crippen LogP contribution < -0.4 is 10.1 Å². The molecular weight excluding hydrogens is 217 g/mol. The molecule has 0 bridgehead atoms. The minimum atomic E-state index is -0.214. The van der Waals surface area contributed by atoms with E-state index in [0.717, 1.165) is 24.3 Å². The Morgan fingerprint density at radius 1 is 1.35 bits per heavy atom. The number of hydrogen-bond donors (Lipinski definition) is 1. The summed E-state index contributed by atoms with van der Waals surface area (Å²) < 4.78 is 18.9. The first-order valence-corrected chi connectivity index (χ1v) is 6.29. The van der Waals surface area contributed by atoms with Gasteiger partial charge in [0.05, 0.1) is 6.61 Å². The van der Waals surface area contributed by atoms with Gasteiger partial charge in [0.15, 0.2) is 0 Å². The fraction of sp³-hybridized carbons (Fsp3) is 0.571. The van der Waals surface area contributed by atoms with E-state index in [0.29, 0.717) is 19.1 Å². The SMILES string of the molecule is CCNCc1cc(F)ccc1OCC(C)CC. The predicted octanol–water partition coefficient (Wildman–Crippen LogP) is 3.36. The van der Waals surface area contributed by atoms with Gasteiger partial charge in [-0.15, -0.1) is 0 Å². The number of benzene rings is 1. The second-order valence-corrected chi connectivity index (χ2v) is 4.36. The molecule has 1 aromatic rings. The molecule has 0 aliphatic heterocycles. The van der Waals surface area contributed by atoms with E-state index in [4.69, 9.17) is 4.74 Å². The third-order valence-corrected chi connectivity index (χ3v) is 2.81. The maximum absolute atomic E-state index is 13.2. The van der Waals surface area contributed by atoms with Crippen molar-refractivity contribution in [1.29, 1.82) is 0 Å². The second-order valence-electron chi connectivity index (χ2n) is 4.36. The van der Waals surface area contributed by atoms with Gasteiger partial charge < -0.3 is 10.1 Å². The summed E-state index contributed by atoms with van der Waals surface area (Å²) in [6.07, 6.45) is 1.09. The van der Waals surface area contributed by atoms with Crippen LogP contribution in [-0.2, 0) is 6.54 Å². The lowest BCUT2D eigenvalue weighted by atomic mass is 10.1. The van der Waals surface area contributed by atoms with Gasteiger partial charge in [0.2, 0.25) is 0 Å². The van der Waals surface area contributed by atoms with Gasteiger partial charge in [-0.2, -0.15) is 0 Å². The number of nitrogens with one attached hydrogen (secondary N) is 1. The molecule has 0 saturated heterocycles. The van der Waals surface area contributed by atoms with Crippen LogP contribution in [0.4, 0.5) is 4.39 Å². The van der Waals surface area contributed by atoms with E-state index in [1.807, 2.05) is 6.92 Å². The summed E-state index contributed by atoms with van der Waals surface area (Å²) in [6.45, 7) is 8.50. The van der Waals surface area contributed by atoms with Crippen molar-refractivity contribution in [2.24, 2.45) is 5.92 Å². The van der Waals surface area contributed by atoms with Crippen molar-refractivity contribution in [2.75, 3.05) is 13.2 Å². The zero-order valence-electron chi connectivity index (χ0n) is 10.9. The van der Waals surface area contributed by atoms with Crippen LogP contribution in [-0.4, -0.2) is 13.2 Å². The van der Waals surface area contributed by atoms with E-state index >= 15 is 0 Å². The first-order valence-electron chi connectivity index (χ1n) is 6.29. The summed E-state index contributed by atoms with van der Waals surface area (Å²) in [6, 6.07) is 4.69. The fourth-order valence-electron chi connectivity index (χ4n) is 1.44. The van der Waals surface area contributed by atoms with Crippen molar-refractivity contribution in [3.05, 3.63) is 29.6 Å². The van der Waals surface area contributed by atoms with Crippen LogP contribution >= 0.6 is 0 Å². The molecule has 1 N–H and O–H groups in total. The van der Waals surface area contributed by atoms with Gasteiger partial charge in [-0.1, -0.05) is 27.2 Å². The lowest BCUT2D eigenvalue weighted by molar-refractivity contribution is 0.253. The highest BCUT2D eigenvalue weighted by Crippen LogP contribution is 2.20. The standard InChI is InChI=1S/C14H22FNO/c1-4-11(3)10-17-14-7-6-13(15)8-12(14)9-16-5-2/h6-8,11,16H,4-5,9-10H2,1-3H3. The molecule has 96 valence electrons. The normalized spacial score (nSPS) is 12.5. The Morgan fingerprint density at radius 2 is 2.12 bits per heavy atom. The molecule has 0 spiro atoms. The predicted molar refractivity (Wildman–Crippen MR) is 68.7 cm³/mol. The first kappa shape index (κ1) is 14.0. The summed E-state index contributed by atoms with van der Waals surface area (Å²) in [4.78, 5) is 0. The lowest BCUT2D eigenvalue weighted by Crippen LogP contribution is -2.14. The topological polar surface area (TPSA) is 21.3 Å².